The number of carbonyl (C=O) groups is 1. The van der Waals surface area contributed by atoms with Gasteiger partial charge in [-0.1, -0.05) is 43.3 Å². The van der Waals surface area contributed by atoms with Crippen molar-refractivity contribution >= 4 is 5.78 Å². The molecule has 86 valence electrons. The molecule has 1 atom stereocenters. The second kappa shape index (κ2) is 7.00. The Labute approximate surface area is 98.2 Å². The van der Waals surface area contributed by atoms with Gasteiger partial charge in [0.25, 0.3) is 0 Å². The van der Waals surface area contributed by atoms with Gasteiger partial charge in [-0.05, 0) is 24.8 Å². The normalized spacial score (nSPS) is 12.1. The van der Waals surface area contributed by atoms with Crippen LogP contribution in [-0.2, 0) is 11.2 Å². The average molecular weight is 216 g/mol. The van der Waals surface area contributed by atoms with Gasteiger partial charge in [0.15, 0.2) is 0 Å². The number of unbranched alkanes of at least 4 members (excludes halogenated alkanes) is 1. The van der Waals surface area contributed by atoms with Crippen molar-refractivity contribution in [1.29, 1.82) is 0 Å². The van der Waals surface area contributed by atoms with Crippen molar-refractivity contribution in [3.63, 3.8) is 0 Å². The second-order valence-corrected chi connectivity index (χ2v) is 4.18. The fourth-order valence-corrected chi connectivity index (χ4v) is 1.63. The average Bonchev–Trinajstić information content (AvgIpc) is 2.34. The maximum absolute atomic E-state index is 11.5. The zero-order chi connectivity index (χ0) is 11.8. The molecule has 16 heavy (non-hydrogen) atoms. The van der Waals surface area contributed by atoms with E-state index in [0.29, 0.717) is 12.2 Å². The first-order valence-electron chi connectivity index (χ1n) is 5.93. The first kappa shape index (κ1) is 12.7. The minimum atomic E-state index is 0.0109. The lowest BCUT2D eigenvalue weighted by atomic mass is 10.00. The van der Waals surface area contributed by atoms with Crippen molar-refractivity contribution in [3.8, 4) is 0 Å². The van der Waals surface area contributed by atoms with Gasteiger partial charge >= 0.3 is 0 Å². The number of benzene rings is 1. The summed E-state index contributed by atoms with van der Waals surface area (Å²) in [6.07, 6.45) is 5.53. The molecule has 0 fully saturated rings. The highest BCUT2D eigenvalue weighted by molar-refractivity contribution is 5.82. The van der Waals surface area contributed by atoms with Gasteiger partial charge in [-0.25, -0.2) is 0 Å². The minimum Gasteiger partial charge on any atom is -0.299 e. The van der Waals surface area contributed by atoms with Crippen LogP contribution in [0.15, 0.2) is 43.0 Å². The molecule has 0 aliphatic carbocycles. The Kier molecular flexibility index (Phi) is 5.55. The topological polar surface area (TPSA) is 17.1 Å². The van der Waals surface area contributed by atoms with Crippen LogP contribution in [0.1, 0.15) is 31.7 Å². The van der Waals surface area contributed by atoms with Crippen molar-refractivity contribution in [2.24, 2.45) is 5.92 Å². The zero-order valence-electron chi connectivity index (χ0n) is 9.99. The lowest BCUT2D eigenvalue weighted by molar-refractivity contribution is -0.121. The van der Waals surface area contributed by atoms with E-state index < -0.39 is 0 Å². The minimum absolute atomic E-state index is 0.0109. The molecule has 0 aromatic heterocycles. The third-order valence-electron chi connectivity index (χ3n) is 2.84. The number of hydrogen-bond acceptors (Lipinski definition) is 1. The van der Waals surface area contributed by atoms with Gasteiger partial charge in [0, 0.05) is 12.3 Å². The van der Waals surface area contributed by atoms with E-state index in [1.807, 2.05) is 13.0 Å². The van der Waals surface area contributed by atoms with Gasteiger partial charge in [-0.2, -0.15) is 0 Å². The molecule has 0 aliphatic heterocycles. The van der Waals surface area contributed by atoms with E-state index in [9.17, 15) is 4.79 Å². The Morgan fingerprint density at radius 2 is 2.00 bits per heavy atom. The number of allylic oxidation sites excluding steroid dienone is 1. The standard InChI is InChI=1S/C15H20O/c1-3-13(2)15(16)12-8-7-11-14-9-5-4-6-10-14/h3-6,9-10,13H,1,7-8,11-12H2,2H3. The summed E-state index contributed by atoms with van der Waals surface area (Å²) in [7, 11) is 0. The summed E-state index contributed by atoms with van der Waals surface area (Å²) in [5.74, 6) is 0.319. The van der Waals surface area contributed by atoms with Crippen LogP contribution >= 0.6 is 0 Å². The number of carbonyl (C=O) groups excluding carboxylic acids is 1. The van der Waals surface area contributed by atoms with E-state index in [1.165, 1.54) is 5.56 Å². The quantitative estimate of drug-likeness (QED) is 0.500. The molecule has 1 unspecified atom stereocenters. The van der Waals surface area contributed by atoms with Crippen molar-refractivity contribution in [2.75, 3.05) is 0 Å². The highest BCUT2D eigenvalue weighted by Gasteiger charge is 2.07. The van der Waals surface area contributed by atoms with Gasteiger partial charge in [0.2, 0.25) is 0 Å². The number of rotatable bonds is 7. The fourth-order valence-electron chi connectivity index (χ4n) is 1.63. The molecule has 0 aliphatic rings. The van der Waals surface area contributed by atoms with Crippen LogP contribution in [0.25, 0.3) is 0 Å². The summed E-state index contributed by atoms with van der Waals surface area (Å²) in [5.41, 5.74) is 1.35. The number of hydrogen-bond donors (Lipinski definition) is 0. The van der Waals surface area contributed by atoms with Crippen LogP contribution in [0.4, 0.5) is 0 Å². The Bertz CT molecular complexity index is 327. The molecule has 0 radical (unpaired) electrons. The first-order valence-corrected chi connectivity index (χ1v) is 5.93. The van der Waals surface area contributed by atoms with Crippen LogP contribution in [0.2, 0.25) is 0 Å². The van der Waals surface area contributed by atoms with E-state index in [1.54, 1.807) is 6.08 Å². The van der Waals surface area contributed by atoms with E-state index in [4.69, 9.17) is 0 Å². The van der Waals surface area contributed by atoms with Gasteiger partial charge in [-0.15, -0.1) is 6.58 Å². The van der Waals surface area contributed by atoms with Crippen LogP contribution < -0.4 is 0 Å². The molecule has 0 N–H and O–H groups in total. The highest BCUT2D eigenvalue weighted by Crippen LogP contribution is 2.09. The molecule has 1 aromatic rings. The predicted octanol–water partition coefficient (Wildman–Crippen LogP) is 3.79. The molecule has 0 bridgehead atoms. The summed E-state index contributed by atoms with van der Waals surface area (Å²) in [5, 5.41) is 0. The molecule has 1 nitrogen and oxygen atoms in total. The Balaban J connectivity index is 2.17. The summed E-state index contributed by atoms with van der Waals surface area (Å²) >= 11 is 0. The van der Waals surface area contributed by atoms with Gasteiger partial charge in [0.1, 0.15) is 5.78 Å². The van der Waals surface area contributed by atoms with E-state index >= 15 is 0 Å². The number of ketones is 1. The zero-order valence-corrected chi connectivity index (χ0v) is 9.99. The summed E-state index contributed by atoms with van der Waals surface area (Å²) in [6, 6.07) is 10.4. The Hall–Kier alpha value is -1.37. The lowest BCUT2D eigenvalue weighted by Gasteiger charge is -2.04. The number of Topliss-reactive ketones (excluding diaryl/α,β-unsaturated/α-hetero) is 1. The van der Waals surface area contributed by atoms with Gasteiger partial charge in [0.05, 0.1) is 0 Å². The highest BCUT2D eigenvalue weighted by atomic mass is 16.1. The molecule has 1 rings (SSSR count). The molecule has 1 heteroatoms. The SMILES string of the molecule is C=CC(C)C(=O)CCCCc1ccccc1. The van der Waals surface area contributed by atoms with Gasteiger partial charge in [-0.3, -0.25) is 4.79 Å². The van der Waals surface area contributed by atoms with Crippen LogP contribution in [-0.4, -0.2) is 5.78 Å². The fraction of sp³-hybridized carbons (Fsp3) is 0.400. The summed E-state index contributed by atoms with van der Waals surface area (Å²) < 4.78 is 0. The monoisotopic (exact) mass is 216 g/mol. The van der Waals surface area contributed by atoms with E-state index in [-0.39, 0.29) is 5.92 Å². The molecular formula is C15H20O. The van der Waals surface area contributed by atoms with Gasteiger partial charge < -0.3 is 0 Å². The molecular weight excluding hydrogens is 196 g/mol. The first-order chi connectivity index (χ1) is 7.74. The van der Waals surface area contributed by atoms with E-state index in [0.717, 1.165) is 19.3 Å². The Morgan fingerprint density at radius 3 is 2.62 bits per heavy atom. The molecule has 0 heterocycles. The second-order valence-electron chi connectivity index (χ2n) is 4.18. The molecule has 1 aromatic carbocycles. The third-order valence-corrected chi connectivity index (χ3v) is 2.84. The van der Waals surface area contributed by atoms with Crippen LogP contribution in [0.5, 0.6) is 0 Å². The smallest absolute Gasteiger partial charge is 0.139 e. The van der Waals surface area contributed by atoms with E-state index in [2.05, 4.69) is 30.8 Å². The third kappa shape index (κ3) is 4.43. The van der Waals surface area contributed by atoms with Crippen molar-refractivity contribution < 1.29 is 4.79 Å². The van der Waals surface area contributed by atoms with Crippen molar-refractivity contribution in [2.45, 2.75) is 32.6 Å². The van der Waals surface area contributed by atoms with Crippen molar-refractivity contribution in [3.05, 3.63) is 48.6 Å². The maximum atomic E-state index is 11.5. The van der Waals surface area contributed by atoms with Crippen LogP contribution in [0, 0.1) is 5.92 Å². The van der Waals surface area contributed by atoms with Crippen molar-refractivity contribution in [1.82, 2.24) is 0 Å². The summed E-state index contributed by atoms with van der Waals surface area (Å²) in [6.45, 7) is 5.55. The summed E-state index contributed by atoms with van der Waals surface area (Å²) in [4.78, 5) is 11.5. The molecule has 0 saturated carbocycles. The predicted molar refractivity (Wildman–Crippen MR) is 68.4 cm³/mol. The number of aryl methyl sites for hydroxylation is 1. The lowest BCUT2D eigenvalue weighted by Crippen LogP contribution is -2.07. The van der Waals surface area contributed by atoms with Crippen LogP contribution in [0.3, 0.4) is 0 Å². The molecule has 0 spiro atoms. The Morgan fingerprint density at radius 1 is 1.31 bits per heavy atom. The maximum Gasteiger partial charge on any atom is 0.139 e. The largest absolute Gasteiger partial charge is 0.299 e. The molecule has 0 amide bonds. The molecule has 0 saturated heterocycles.